The molecule has 222 valence electrons. The Hall–Kier alpha value is -3.22. The summed E-state index contributed by atoms with van der Waals surface area (Å²) in [5.41, 5.74) is 0.596. The first-order valence-electron chi connectivity index (χ1n) is 13.6. The number of rotatable bonds is 4. The Labute approximate surface area is 236 Å². The molecule has 2 aromatic rings. The van der Waals surface area contributed by atoms with Gasteiger partial charge in [0.1, 0.15) is 17.3 Å². The average Bonchev–Trinajstić information content (AvgIpc) is 3.45. The number of carbonyl (C=O) groups is 2. The number of carbonyl (C=O) groups excluding carboxylic acids is 2. The van der Waals surface area contributed by atoms with E-state index in [1.165, 1.54) is 4.90 Å². The number of aromatic nitrogens is 2. The maximum absolute atomic E-state index is 12.3. The molecule has 1 aromatic carbocycles. The van der Waals surface area contributed by atoms with Crippen LogP contribution in [0.4, 0.5) is 9.59 Å². The summed E-state index contributed by atoms with van der Waals surface area (Å²) in [6, 6.07) is 7.58. The summed E-state index contributed by atoms with van der Waals surface area (Å²) in [5, 5.41) is 15.8. The fourth-order valence-electron chi connectivity index (χ4n) is 4.34. The van der Waals surface area contributed by atoms with E-state index >= 15 is 0 Å². The predicted molar refractivity (Wildman–Crippen MR) is 151 cm³/mol. The van der Waals surface area contributed by atoms with Crippen LogP contribution in [-0.4, -0.2) is 113 Å². The van der Waals surface area contributed by atoms with Gasteiger partial charge in [-0.15, -0.1) is 0 Å². The molecule has 12 heteroatoms. The first-order valence-corrected chi connectivity index (χ1v) is 13.6. The summed E-state index contributed by atoms with van der Waals surface area (Å²) in [7, 11) is 3.62. The molecule has 2 saturated heterocycles. The fourth-order valence-corrected chi connectivity index (χ4v) is 4.34. The van der Waals surface area contributed by atoms with Crippen LogP contribution in [0.3, 0.4) is 0 Å². The molecule has 0 spiro atoms. The third-order valence-electron chi connectivity index (χ3n) is 6.30. The number of aliphatic hydroxyl groups excluding tert-OH is 1. The quantitative estimate of drug-likeness (QED) is 0.511. The van der Waals surface area contributed by atoms with Crippen molar-refractivity contribution in [1.29, 1.82) is 0 Å². The van der Waals surface area contributed by atoms with Gasteiger partial charge in [0.15, 0.2) is 0 Å². The zero-order valence-corrected chi connectivity index (χ0v) is 24.8. The predicted octanol–water partition coefficient (Wildman–Crippen LogP) is 2.40. The summed E-state index contributed by atoms with van der Waals surface area (Å²) in [5.74, 6) is 0.454. The van der Waals surface area contributed by atoms with Crippen LogP contribution in [0.2, 0.25) is 0 Å². The van der Waals surface area contributed by atoms with E-state index in [0.29, 0.717) is 32.1 Å². The zero-order valence-electron chi connectivity index (χ0n) is 24.8. The lowest BCUT2D eigenvalue weighted by Crippen LogP contribution is -2.40. The van der Waals surface area contributed by atoms with Crippen LogP contribution in [0.1, 0.15) is 41.5 Å². The van der Waals surface area contributed by atoms with Crippen molar-refractivity contribution in [3.8, 4) is 5.88 Å². The fraction of sp³-hybridized carbons (Fsp3) is 0.643. The van der Waals surface area contributed by atoms with Gasteiger partial charge in [0.05, 0.1) is 48.5 Å². The molecule has 4 atom stereocenters. The summed E-state index contributed by atoms with van der Waals surface area (Å²) in [4.78, 5) is 36.0. The van der Waals surface area contributed by atoms with Crippen molar-refractivity contribution in [1.82, 2.24) is 30.4 Å². The molecule has 4 rings (SSSR count). The van der Waals surface area contributed by atoms with Crippen molar-refractivity contribution in [3.63, 3.8) is 0 Å². The summed E-state index contributed by atoms with van der Waals surface area (Å²) >= 11 is 0. The largest absolute Gasteiger partial charge is 0.470 e. The Morgan fingerprint density at radius 3 is 1.90 bits per heavy atom. The minimum absolute atomic E-state index is 0.000730. The van der Waals surface area contributed by atoms with Crippen LogP contribution < -0.4 is 15.4 Å². The molecular weight excluding hydrogens is 516 g/mol. The Bertz CT molecular complexity index is 1150. The number of ether oxygens (including phenoxy) is 3. The second kappa shape index (κ2) is 13.0. The van der Waals surface area contributed by atoms with E-state index in [1.807, 2.05) is 72.9 Å². The first-order chi connectivity index (χ1) is 18.7. The minimum Gasteiger partial charge on any atom is -0.470 e. The van der Waals surface area contributed by atoms with Crippen molar-refractivity contribution in [2.45, 2.75) is 77.0 Å². The van der Waals surface area contributed by atoms with Crippen molar-refractivity contribution in [2.24, 2.45) is 0 Å². The van der Waals surface area contributed by atoms with Gasteiger partial charge in [-0.25, -0.2) is 19.6 Å². The van der Waals surface area contributed by atoms with Crippen molar-refractivity contribution < 1.29 is 28.9 Å². The Morgan fingerprint density at radius 1 is 0.850 bits per heavy atom. The van der Waals surface area contributed by atoms with E-state index in [1.54, 1.807) is 18.1 Å². The maximum atomic E-state index is 12.3. The highest BCUT2D eigenvalue weighted by Crippen LogP contribution is 2.21. The molecular formula is C28H44N6O6. The van der Waals surface area contributed by atoms with E-state index in [-0.39, 0.29) is 30.4 Å². The molecule has 4 unspecified atom stereocenters. The van der Waals surface area contributed by atoms with Crippen molar-refractivity contribution in [3.05, 3.63) is 30.5 Å². The van der Waals surface area contributed by atoms with E-state index in [0.717, 1.165) is 11.0 Å². The monoisotopic (exact) mass is 560 g/mol. The van der Waals surface area contributed by atoms with Crippen LogP contribution in [0, 0.1) is 0 Å². The molecule has 0 aliphatic carbocycles. The number of amides is 2. The number of likely N-dealkylation sites (N-methyl/N-ethyl adjacent to an activating group) is 2. The van der Waals surface area contributed by atoms with Crippen LogP contribution in [0.25, 0.3) is 11.0 Å². The van der Waals surface area contributed by atoms with Gasteiger partial charge in [0.2, 0.25) is 5.88 Å². The molecule has 3 heterocycles. The topological polar surface area (TPSA) is 138 Å². The van der Waals surface area contributed by atoms with E-state index < -0.39 is 17.3 Å². The van der Waals surface area contributed by atoms with Crippen LogP contribution in [-0.2, 0) is 9.47 Å². The minimum atomic E-state index is -0.519. The number of para-hydroxylation sites is 2. The molecule has 0 bridgehead atoms. The van der Waals surface area contributed by atoms with Gasteiger partial charge in [0.25, 0.3) is 0 Å². The lowest BCUT2D eigenvalue weighted by molar-refractivity contribution is 0.0262. The highest BCUT2D eigenvalue weighted by molar-refractivity contribution is 5.74. The Kier molecular flexibility index (Phi) is 10.1. The molecule has 0 saturated carbocycles. The van der Waals surface area contributed by atoms with Crippen LogP contribution >= 0.6 is 0 Å². The van der Waals surface area contributed by atoms with Gasteiger partial charge >= 0.3 is 12.2 Å². The number of hydrogen-bond donors (Lipinski definition) is 3. The maximum Gasteiger partial charge on any atom is 0.410 e. The van der Waals surface area contributed by atoms with E-state index in [9.17, 15) is 14.7 Å². The number of aliphatic hydroxyl groups is 1. The number of nitrogens with one attached hydrogen (secondary N) is 2. The molecule has 2 aliphatic heterocycles. The van der Waals surface area contributed by atoms with Gasteiger partial charge in [-0.1, -0.05) is 12.1 Å². The highest BCUT2D eigenvalue weighted by Gasteiger charge is 2.38. The first kappa shape index (κ1) is 31.3. The summed E-state index contributed by atoms with van der Waals surface area (Å²) < 4.78 is 16.7. The average molecular weight is 561 g/mol. The highest BCUT2D eigenvalue weighted by atomic mass is 16.6. The number of benzene rings is 1. The van der Waals surface area contributed by atoms with Crippen LogP contribution in [0.15, 0.2) is 30.5 Å². The molecule has 40 heavy (non-hydrogen) atoms. The third-order valence-corrected chi connectivity index (χ3v) is 6.30. The lowest BCUT2D eigenvalue weighted by atomic mass is 10.2. The number of nitrogens with zero attached hydrogens (tertiary/aromatic N) is 4. The van der Waals surface area contributed by atoms with Crippen LogP contribution in [0.5, 0.6) is 5.88 Å². The molecule has 2 fully saturated rings. The SMILES string of the molecule is CNC1CN(C(=O)OC(C)(C)C)CC1O.CNC1CN(C(=O)OC(C)(C)C)CC1Oc1cnc2ccccc2n1. The lowest BCUT2D eigenvalue weighted by Gasteiger charge is -2.24. The van der Waals surface area contributed by atoms with Crippen molar-refractivity contribution in [2.75, 3.05) is 40.3 Å². The second-order valence-electron chi connectivity index (χ2n) is 12.0. The molecule has 12 nitrogen and oxygen atoms in total. The Morgan fingerprint density at radius 2 is 1.38 bits per heavy atom. The molecule has 1 aromatic heterocycles. The number of β-amino-alcohol motifs (C(OH)–C–C–N with tert-alkyl or cyclic N) is 1. The normalized spacial score (nSPS) is 23.0. The smallest absolute Gasteiger partial charge is 0.410 e. The molecule has 2 aliphatic rings. The van der Waals surface area contributed by atoms with Gasteiger partial charge < -0.3 is 39.8 Å². The third kappa shape index (κ3) is 8.90. The van der Waals surface area contributed by atoms with Crippen molar-refractivity contribution >= 4 is 23.2 Å². The zero-order chi connectivity index (χ0) is 29.7. The summed E-state index contributed by atoms with van der Waals surface area (Å²) in [6.07, 6.45) is 0.198. The molecule has 2 amide bonds. The second-order valence-corrected chi connectivity index (χ2v) is 12.0. The van der Waals surface area contributed by atoms with Gasteiger partial charge in [-0.05, 0) is 67.8 Å². The van der Waals surface area contributed by atoms with Gasteiger partial charge in [0, 0.05) is 13.1 Å². The molecule has 0 radical (unpaired) electrons. The van der Waals surface area contributed by atoms with Gasteiger partial charge in [-0.2, -0.15) is 0 Å². The Balaban J connectivity index is 0.000000252. The number of likely N-dealkylation sites (tertiary alicyclic amines) is 2. The molecule has 3 N–H and O–H groups in total. The number of hydrogen-bond acceptors (Lipinski definition) is 10. The van der Waals surface area contributed by atoms with E-state index in [4.69, 9.17) is 14.2 Å². The summed E-state index contributed by atoms with van der Waals surface area (Å²) in [6.45, 7) is 12.8. The number of fused-ring (bicyclic) bond motifs is 1. The standard InChI is InChI=1S/C18H24N4O3.C10H20N2O3/c1-18(2,3)25-17(23)22-10-14(19-4)15(11-22)24-16-9-20-12-7-5-6-8-13(12)21-16;1-10(2,3)15-9(14)12-5-7(11-4)8(13)6-12/h5-9,14-15,19H,10-11H2,1-4H3;7-8,11,13H,5-6H2,1-4H3. The van der Waals surface area contributed by atoms with Gasteiger partial charge in [-0.3, -0.25) is 0 Å². The van der Waals surface area contributed by atoms with E-state index in [2.05, 4.69) is 20.6 Å².